The number of hydrogen-bond donors (Lipinski definition) is 1. The van der Waals surface area contributed by atoms with Gasteiger partial charge in [0.1, 0.15) is 0 Å². The number of aliphatic imine (C=N–C) groups is 1. The van der Waals surface area contributed by atoms with Gasteiger partial charge >= 0.3 is 0 Å². The number of benzene rings is 1. The van der Waals surface area contributed by atoms with Gasteiger partial charge in [-0.2, -0.15) is 5.10 Å². The molecule has 1 heterocycles. The summed E-state index contributed by atoms with van der Waals surface area (Å²) in [5, 5.41) is 5.52. The molecule has 21 heavy (non-hydrogen) atoms. The van der Waals surface area contributed by atoms with E-state index in [-0.39, 0.29) is 12.4 Å². The molecule has 1 N–H and O–H groups in total. The van der Waals surface area contributed by atoms with E-state index in [9.17, 15) is 0 Å². The Labute approximate surface area is 136 Å². The van der Waals surface area contributed by atoms with E-state index in [0.29, 0.717) is 6.04 Å². The fourth-order valence-electron chi connectivity index (χ4n) is 2.81. The van der Waals surface area contributed by atoms with E-state index in [1.807, 2.05) is 0 Å². The summed E-state index contributed by atoms with van der Waals surface area (Å²) in [5.41, 5.74) is 8.61. The second kappa shape index (κ2) is 6.41. The van der Waals surface area contributed by atoms with E-state index in [0.717, 1.165) is 16.6 Å². The van der Waals surface area contributed by atoms with Gasteiger partial charge in [-0.1, -0.05) is 23.9 Å². The minimum Gasteiger partial charge on any atom is -0.258 e. The van der Waals surface area contributed by atoms with Crippen LogP contribution in [0.3, 0.4) is 0 Å². The Morgan fingerprint density at radius 1 is 1.14 bits per heavy atom. The third-order valence-corrected chi connectivity index (χ3v) is 5.05. The normalized spacial score (nSPS) is 22.9. The van der Waals surface area contributed by atoms with Crippen LogP contribution < -0.4 is 5.43 Å². The molecule has 2 aliphatic carbocycles. The first kappa shape index (κ1) is 14.9. The van der Waals surface area contributed by atoms with Crippen molar-refractivity contribution in [2.75, 3.05) is 5.75 Å². The summed E-state index contributed by atoms with van der Waals surface area (Å²) in [5.74, 6) is 0.928. The first-order chi connectivity index (χ1) is 9.88. The monoisotopic (exact) mass is 321 g/mol. The Kier molecular flexibility index (Phi) is 4.55. The molecule has 0 bridgehead atoms. The largest absolute Gasteiger partial charge is 0.258 e. The molecular weight excluding hydrogens is 302 g/mol. The van der Waals surface area contributed by atoms with Crippen molar-refractivity contribution in [2.24, 2.45) is 10.1 Å². The molecule has 0 saturated heterocycles. The fourth-order valence-corrected chi connectivity index (χ4v) is 3.65. The van der Waals surface area contributed by atoms with Gasteiger partial charge in [0.2, 0.25) is 0 Å². The van der Waals surface area contributed by atoms with Crippen molar-refractivity contribution in [1.82, 2.24) is 5.43 Å². The van der Waals surface area contributed by atoms with E-state index >= 15 is 0 Å². The van der Waals surface area contributed by atoms with Crippen LogP contribution in [-0.2, 0) is 12.8 Å². The Hall–Kier alpha value is -1.000. The zero-order valence-electron chi connectivity index (χ0n) is 12.0. The van der Waals surface area contributed by atoms with Crippen molar-refractivity contribution >= 4 is 35.0 Å². The van der Waals surface area contributed by atoms with Gasteiger partial charge in [0.25, 0.3) is 0 Å². The molecule has 1 aromatic carbocycles. The third-order valence-electron chi connectivity index (χ3n) is 4.16. The van der Waals surface area contributed by atoms with Crippen LogP contribution in [0, 0.1) is 0 Å². The van der Waals surface area contributed by atoms with Crippen LogP contribution in [0.2, 0.25) is 0 Å². The van der Waals surface area contributed by atoms with Gasteiger partial charge in [-0.25, -0.2) is 0 Å². The zero-order valence-corrected chi connectivity index (χ0v) is 13.6. The average Bonchev–Trinajstić information content (AvgIpc) is 3.32. The van der Waals surface area contributed by atoms with Crippen LogP contribution >= 0.6 is 24.2 Å². The van der Waals surface area contributed by atoms with Crippen LogP contribution in [0.15, 0.2) is 28.3 Å². The highest BCUT2D eigenvalue weighted by molar-refractivity contribution is 8.14. The van der Waals surface area contributed by atoms with Gasteiger partial charge in [0, 0.05) is 5.75 Å². The summed E-state index contributed by atoms with van der Waals surface area (Å²) < 4.78 is 0. The Morgan fingerprint density at radius 3 is 2.67 bits per heavy atom. The van der Waals surface area contributed by atoms with Crippen molar-refractivity contribution in [3.05, 3.63) is 34.9 Å². The number of hydrogen-bond acceptors (Lipinski definition) is 3. The molecule has 0 amide bonds. The lowest BCUT2D eigenvalue weighted by Crippen LogP contribution is -2.26. The molecule has 3 aliphatic rings. The first-order valence-corrected chi connectivity index (χ1v) is 8.52. The molecule has 0 spiro atoms. The van der Waals surface area contributed by atoms with E-state index in [2.05, 4.69) is 33.7 Å². The van der Waals surface area contributed by atoms with Crippen LogP contribution in [-0.4, -0.2) is 22.7 Å². The minimum absolute atomic E-state index is 0. The highest BCUT2D eigenvalue weighted by Gasteiger charge is 2.23. The number of nitrogens with one attached hydrogen (secondary N) is 1. The molecule has 1 fully saturated rings. The predicted octanol–water partition coefficient (Wildman–Crippen LogP) is 3.55. The van der Waals surface area contributed by atoms with Crippen LogP contribution in [0.5, 0.6) is 0 Å². The number of rotatable bonds is 2. The Balaban J connectivity index is 0.00000132. The van der Waals surface area contributed by atoms with E-state index in [4.69, 9.17) is 0 Å². The second-order valence-corrected chi connectivity index (χ2v) is 6.78. The summed E-state index contributed by atoms with van der Waals surface area (Å²) in [6, 6.07) is 7.43. The first-order valence-electron chi connectivity index (χ1n) is 7.54. The van der Waals surface area contributed by atoms with Gasteiger partial charge in [0.15, 0.2) is 5.17 Å². The smallest absolute Gasteiger partial charge is 0.177 e. The number of fused-ring (bicyclic) bond motifs is 1. The maximum absolute atomic E-state index is 4.61. The SMILES string of the molecule is Cl.c1cc2c(cc1C1=NNC(=NC3CC3)SC1)CCCC2. The second-order valence-electron chi connectivity index (χ2n) is 5.81. The molecule has 5 heteroatoms. The molecular formula is C16H20ClN3S. The lowest BCUT2D eigenvalue weighted by atomic mass is 9.90. The lowest BCUT2D eigenvalue weighted by Gasteiger charge is -2.19. The van der Waals surface area contributed by atoms with Crippen LogP contribution in [0.4, 0.5) is 0 Å². The van der Waals surface area contributed by atoms with Gasteiger partial charge < -0.3 is 0 Å². The standard InChI is InChI=1S/C16H19N3S.ClH/c1-2-4-12-9-13(6-5-11(12)3-1)15-10-20-16(19-18-15)17-14-7-8-14;/h5-6,9,14H,1-4,7-8,10H2,(H,17,19);1H. The molecule has 0 radical (unpaired) electrons. The summed E-state index contributed by atoms with van der Waals surface area (Å²) in [7, 11) is 0. The third kappa shape index (κ3) is 3.43. The molecule has 4 rings (SSSR count). The fraction of sp³-hybridized carbons (Fsp3) is 0.500. The maximum Gasteiger partial charge on any atom is 0.177 e. The number of halogens is 1. The number of thioether (sulfide) groups is 1. The number of aryl methyl sites for hydroxylation is 2. The van der Waals surface area contributed by atoms with Crippen molar-refractivity contribution in [1.29, 1.82) is 0 Å². The maximum atomic E-state index is 4.61. The number of nitrogens with zero attached hydrogens (tertiary/aromatic N) is 2. The van der Waals surface area contributed by atoms with Crippen molar-refractivity contribution < 1.29 is 0 Å². The lowest BCUT2D eigenvalue weighted by molar-refractivity contribution is 0.685. The van der Waals surface area contributed by atoms with Gasteiger partial charge in [-0.05, 0) is 61.3 Å². The number of hydrazone groups is 1. The topological polar surface area (TPSA) is 36.8 Å². The van der Waals surface area contributed by atoms with Crippen molar-refractivity contribution in [3.8, 4) is 0 Å². The quantitative estimate of drug-likeness (QED) is 0.904. The van der Waals surface area contributed by atoms with Gasteiger partial charge in [-0.15, -0.1) is 12.4 Å². The Bertz CT molecular complexity index is 593. The molecule has 0 unspecified atom stereocenters. The summed E-state index contributed by atoms with van der Waals surface area (Å²) in [4.78, 5) is 4.61. The van der Waals surface area contributed by atoms with Gasteiger partial charge in [-0.3, -0.25) is 10.4 Å². The molecule has 0 aromatic heterocycles. The van der Waals surface area contributed by atoms with Crippen molar-refractivity contribution in [2.45, 2.75) is 44.6 Å². The van der Waals surface area contributed by atoms with E-state index < -0.39 is 0 Å². The minimum atomic E-state index is 0. The molecule has 3 nitrogen and oxygen atoms in total. The summed E-state index contributed by atoms with van der Waals surface area (Å²) in [6.07, 6.45) is 7.62. The highest BCUT2D eigenvalue weighted by atomic mass is 35.5. The van der Waals surface area contributed by atoms with Crippen molar-refractivity contribution in [3.63, 3.8) is 0 Å². The number of amidine groups is 1. The summed E-state index contributed by atoms with van der Waals surface area (Å²) >= 11 is 1.78. The predicted molar refractivity (Wildman–Crippen MR) is 92.9 cm³/mol. The van der Waals surface area contributed by atoms with Gasteiger partial charge in [0.05, 0.1) is 11.8 Å². The summed E-state index contributed by atoms with van der Waals surface area (Å²) in [6.45, 7) is 0. The molecule has 112 valence electrons. The molecule has 1 aliphatic heterocycles. The highest BCUT2D eigenvalue weighted by Crippen LogP contribution is 2.26. The van der Waals surface area contributed by atoms with Crippen LogP contribution in [0.1, 0.15) is 42.4 Å². The van der Waals surface area contributed by atoms with E-state index in [1.165, 1.54) is 55.2 Å². The zero-order chi connectivity index (χ0) is 13.4. The Morgan fingerprint density at radius 2 is 1.95 bits per heavy atom. The van der Waals surface area contributed by atoms with E-state index in [1.54, 1.807) is 11.8 Å². The molecule has 1 aromatic rings. The van der Waals surface area contributed by atoms with Crippen LogP contribution in [0.25, 0.3) is 0 Å². The molecule has 1 saturated carbocycles. The molecule has 0 atom stereocenters. The average molecular weight is 322 g/mol.